The van der Waals surface area contributed by atoms with Gasteiger partial charge in [0.25, 0.3) is 0 Å². The maximum atomic E-state index is 11.9. The number of carbonyl (C=O) groups is 1. The standard InChI is InChI=1S/C10H19N3O3/c1-13(5-4-9(11)12-15)10(14)8-3-2-6-16-7-8/h8,15H,2-7H2,1H3,(H2,11,12). The van der Waals surface area contributed by atoms with Gasteiger partial charge in [-0.3, -0.25) is 4.79 Å². The van der Waals surface area contributed by atoms with Crippen molar-refractivity contribution in [2.75, 3.05) is 26.8 Å². The van der Waals surface area contributed by atoms with E-state index in [2.05, 4.69) is 5.16 Å². The van der Waals surface area contributed by atoms with Gasteiger partial charge in [0.1, 0.15) is 5.84 Å². The van der Waals surface area contributed by atoms with E-state index in [1.807, 2.05) is 0 Å². The second-order valence-corrected chi connectivity index (χ2v) is 4.02. The summed E-state index contributed by atoms with van der Waals surface area (Å²) in [7, 11) is 1.72. The van der Waals surface area contributed by atoms with Crippen molar-refractivity contribution in [2.24, 2.45) is 16.8 Å². The van der Waals surface area contributed by atoms with Gasteiger partial charge in [0, 0.05) is 26.6 Å². The molecule has 6 nitrogen and oxygen atoms in total. The minimum absolute atomic E-state index is 0.0361. The van der Waals surface area contributed by atoms with Crippen LogP contribution < -0.4 is 5.73 Å². The van der Waals surface area contributed by atoms with Crippen molar-refractivity contribution in [1.82, 2.24) is 4.90 Å². The molecule has 1 unspecified atom stereocenters. The molecule has 0 saturated carbocycles. The molecule has 1 fully saturated rings. The minimum Gasteiger partial charge on any atom is -0.409 e. The molecule has 1 rings (SSSR count). The van der Waals surface area contributed by atoms with Crippen LogP contribution in [0.4, 0.5) is 0 Å². The zero-order chi connectivity index (χ0) is 12.0. The molecule has 0 aromatic rings. The summed E-state index contributed by atoms with van der Waals surface area (Å²) < 4.78 is 5.26. The fraction of sp³-hybridized carbons (Fsp3) is 0.800. The number of ether oxygens (including phenoxy) is 1. The van der Waals surface area contributed by atoms with E-state index in [0.717, 1.165) is 19.4 Å². The first-order valence-corrected chi connectivity index (χ1v) is 5.44. The van der Waals surface area contributed by atoms with Crippen molar-refractivity contribution in [3.05, 3.63) is 0 Å². The first-order chi connectivity index (χ1) is 7.65. The van der Waals surface area contributed by atoms with Crippen LogP contribution in [-0.2, 0) is 9.53 Å². The molecular formula is C10H19N3O3. The van der Waals surface area contributed by atoms with Crippen molar-refractivity contribution in [2.45, 2.75) is 19.3 Å². The molecule has 1 aliphatic rings. The van der Waals surface area contributed by atoms with Crippen LogP contribution in [-0.4, -0.2) is 48.7 Å². The molecule has 0 aromatic heterocycles. The van der Waals surface area contributed by atoms with E-state index in [9.17, 15) is 4.79 Å². The van der Waals surface area contributed by atoms with Gasteiger partial charge in [-0.05, 0) is 12.8 Å². The lowest BCUT2D eigenvalue weighted by molar-refractivity contribution is -0.138. The zero-order valence-electron chi connectivity index (χ0n) is 9.56. The number of amidine groups is 1. The van der Waals surface area contributed by atoms with Gasteiger partial charge in [-0.25, -0.2) is 0 Å². The van der Waals surface area contributed by atoms with Crippen molar-refractivity contribution in [3.63, 3.8) is 0 Å². The van der Waals surface area contributed by atoms with E-state index in [4.69, 9.17) is 15.7 Å². The van der Waals surface area contributed by atoms with E-state index in [-0.39, 0.29) is 17.7 Å². The Morgan fingerprint density at radius 1 is 1.69 bits per heavy atom. The quantitative estimate of drug-likeness (QED) is 0.307. The summed E-state index contributed by atoms with van der Waals surface area (Å²) in [6, 6.07) is 0. The molecule has 6 heteroatoms. The Morgan fingerprint density at radius 2 is 2.44 bits per heavy atom. The minimum atomic E-state index is -0.0361. The smallest absolute Gasteiger partial charge is 0.227 e. The van der Waals surface area contributed by atoms with Gasteiger partial charge >= 0.3 is 0 Å². The third-order valence-electron chi connectivity index (χ3n) is 2.72. The molecule has 92 valence electrons. The average molecular weight is 229 g/mol. The SMILES string of the molecule is CN(CCC(N)=NO)C(=O)C1CCCOC1. The van der Waals surface area contributed by atoms with Gasteiger partial charge < -0.3 is 20.6 Å². The normalized spacial score (nSPS) is 21.8. The van der Waals surface area contributed by atoms with E-state index < -0.39 is 0 Å². The van der Waals surface area contributed by atoms with Crippen LogP contribution in [0.1, 0.15) is 19.3 Å². The third-order valence-corrected chi connectivity index (χ3v) is 2.72. The Labute approximate surface area is 95.0 Å². The first-order valence-electron chi connectivity index (χ1n) is 5.44. The molecule has 0 radical (unpaired) electrons. The lowest BCUT2D eigenvalue weighted by atomic mass is 10.0. The van der Waals surface area contributed by atoms with Crippen molar-refractivity contribution in [1.29, 1.82) is 0 Å². The lowest BCUT2D eigenvalue weighted by Gasteiger charge is -2.26. The van der Waals surface area contributed by atoms with E-state index in [1.165, 1.54) is 0 Å². The van der Waals surface area contributed by atoms with Crippen LogP contribution in [0.5, 0.6) is 0 Å². The molecule has 1 heterocycles. The predicted molar refractivity (Wildman–Crippen MR) is 59.2 cm³/mol. The maximum absolute atomic E-state index is 11.9. The lowest BCUT2D eigenvalue weighted by Crippen LogP contribution is -2.38. The highest BCUT2D eigenvalue weighted by molar-refractivity contribution is 5.82. The molecular weight excluding hydrogens is 210 g/mol. The van der Waals surface area contributed by atoms with Gasteiger partial charge in [-0.2, -0.15) is 0 Å². The summed E-state index contributed by atoms with van der Waals surface area (Å²) in [6.45, 7) is 1.72. The van der Waals surface area contributed by atoms with Crippen LogP contribution in [0.3, 0.4) is 0 Å². The van der Waals surface area contributed by atoms with Crippen molar-refractivity contribution < 1.29 is 14.7 Å². The van der Waals surface area contributed by atoms with E-state index in [1.54, 1.807) is 11.9 Å². The summed E-state index contributed by atoms with van der Waals surface area (Å²) in [5, 5.41) is 11.2. The molecule has 0 aromatic carbocycles. The van der Waals surface area contributed by atoms with Gasteiger partial charge in [0.05, 0.1) is 12.5 Å². The number of hydrogen-bond acceptors (Lipinski definition) is 4. The highest BCUT2D eigenvalue weighted by Gasteiger charge is 2.24. The van der Waals surface area contributed by atoms with Crippen LogP contribution >= 0.6 is 0 Å². The van der Waals surface area contributed by atoms with Crippen molar-refractivity contribution in [3.8, 4) is 0 Å². The summed E-state index contributed by atoms with van der Waals surface area (Å²) in [5.74, 6) is 0.177. The maximum Gasteiger partial charge on any atom is 0.227 e. The van der Waals surface area contributed by atoms with Crippen LogP contribution in [0, 0.1) is 5.92 Å². The molecule has 3 N–H and O–H groups in total. The number of carbonyl (C=O) groups excluding carboxylic acids is 1. The first kappa shape index (κ1) is 12.8. The molecule has 1 amide bonds. The third kappa shape index (κ3) is 3.69. The zero-order valence-corrected chi connectivity index (χ0v) is 9.56. The monoisotopic (exact) mass is 229 g/mol. The fourth-order valence-corrected chi connectivity index (χ4v) is 1.69. The number of nitrogens with zero attached hydrogens (tertiary/aromatic N) is 2. The van der Waals surface area contributed by atoms with E-state index in [0.29, 0.717) is 19.6 Å². The number of hydrogen-bond donors (Lipinski definition) is 2. The highest BCUT2D eigenvalue weighted by atomic mass is 16.5. The molecule has 0 bridgehead atoms. The Morgan fingerprint density at radius 3 is 3.00 bits per heavy atom. The van der Waals surface area contributed by atoms with Crippen molar-refractivity contribution >= 4 is 11.7 Å². The number of rotatable bonds is 4. The predicted octanol–water partition coefficient (Wildman–Crippen LogP) is 0.00790. The second kappa shape index (κ2) is 6.32. The van der Waals surface area contributed by atoms with Crippen LogP contribution in [0.2, 0.25) is 0 Å². The Kier molecular flexibility index (Phi) is 5.04. The fourth-order valence-electron chi connectivity index (χ4n) is 1.69. The highest BCUT2D eigenvalue weighted by Crippen LogP contribution is 2.15. The summed E-state index contributed by atoms with van der Waals surface area (Å²) in [5.41, 5.74) is 5.34. The van der Waals surface area contributed by atoms with Gasteiger partial charge in [0.15, 0.2) is 0 Å². The van der Waals surface area contributed by atoms with Crippen LogP contribution in [0.15, 0.2) is 5.16 Å². The number of oxime groups is 1. The molecule has 1 atom stereocenters. The molecule has 1 saturated heterocycles. The molecule has 0 spiro atoms. The van der Waals surface area contributed by atoms with Gasteiger partial charge in [0.2, 0.25) is 5.91 Å². The topological polar surface area (TPSA) is 88.1 Å². The van der Waals surface area contributed by atoms with Crippen LogP contribution in [0.25, 0.3) is 0 Å². The van der Waals surface area contributed by atoms with Gasteiger partial charge in [-0.1, -0.05) is 5.16 Å². The molecule has 0 aliphatic carbocycles. The largest absolute Gasteiger partial charge is 0.409 e. The molecule has 1 aliphatic heterocycles. The summed E-state index contributed by atoms with van der Waals surface area (Å²) >= 11 is 0. The second-order valence-electron chi connectivity index (χ2n) is 4.02. The summed E-state index contributed by atoms with van der Waals surface area (Å²) in [4.78, 5) is 13.5. The summed E-state index contributed by atoms with van der Waals surface area (Å²) in [6.07, 6.45) is 2.20. The number of nitrogens with two attached hydrogens (primary N) is 1. The van der Waals surface area contributed by atoms with Gasteiger partial charge in [-0.15, -0.1) is 0 Å². The Hall–Kier alpha value is -1.30. The Balaban J connectivity index is 2.34. The van der Waals surface area contributed by atoms with E-state index >= 15 is 0 Å². The Bertz CT molecular complexity index is 262. The number of amides is 1. The molecule has 16 heavy (non-hydrogen) atoms. The average Bonchev–Trinajstić information content (AvgIpc) is 2.35.